The van der Waals surface area contributed by atoms with Crippen LogP contribution in [0.2, 0.25) is 15.1 Å². The molecule has 0 aromatic heterocycles. The van der Waals surface area contributed by atoms with Crippen molar-refractivity contribution < 1.29 is 14.3 Å². The van der Waals surface area contributed by atoms with Crippen molar-refractivity contribution in [3.05, 3.63) is 56.5 Å². The lowest BCUT2D eigenvalue weighted by atomic mass is 10.1. The molecule has 2 saturated heterocycles. The van der Waals surface area contributed by atoms with Gasteiger partial charge in [0.25, 0.3) is 0 Å². The van der Waals surface area contributed by atoms with Crippen molar-refractivity contribution in [1.29, 1.82) is 0 Å². The lowest BCUT2D eigenvalue weighted by Crippen LogP contribution is -2.38. The first-order chi connectivity index (χ1) is 16.2. The molecule has 10 heteroatoms. The number of rotatable bonds is 6. The van der Waals surface area contributed by atoms with Gasteiger partial charge in [-0.15, -0.1) is 0 Å². The Kier molecular flexibility index (Phi) is 8.10. The van der Waals surface area contributed by atoms with E-state index in [0.717, 1.165) is 29.7 Å². The zero-order valence-corrected chi connectivity index (χ0v) is 21.8. The van der Waals surface area contributed by atoms with E-state index < -0.39 is 5.25 Å². The van der Waals surface area contributed by atoms with Crippen LogP contribution < -0.4 is 5.32 Å². The van der Waals surface area contributed by atoms with E-state index >= 15 is 0 Å². The van der Waals surface area contributed by atoms with Gasteiger partial charge in [-0.25, -0.2) is 4.99 Å². The van der Waals surface area contributed by atoms with E-state index in [-0.39, 0.29) is 34.4 Å². The van der Waals surface area contributed by atoms with Crippen LogP contribution in [-0.4, -0.2) is 46.4 Å². The van der Waals surface area contributed by atoms with Crippen molar-refractivity contribution in [2.45, 2.75) is 44.5 Å². The van der Waals surface area contributed by atoms with Crippen LogP contribution in [0.3, 0.4) is 0 Å². The fraction of sp³-hybridized carbons (Fsp3) is 0.375. The normalized spacial score (nSPS) is 21.5. The molecule has 6 nitrogen and oxygen atoms in total. The maximum Gasteiger partial charge on any atom is 0.242 e. The Labute approximate surface area is 218 Å². The van der Waals surface area contributed by atoms with E-state index in [0.29, 0.717) is 29.0 Å². The minimum atomic E-state index is -0.604. The lowest BCUT2D eigenvalue weighted by Gasteiger charge is -2.20. The molecule has 2 aromatic rings. The molecule has 0 saturated carbocycles. The second kappa shape index (κ2) is 10.9. The lowest BCUT2D eigenvalue weighted by molar-refractivity contribution is -0.129. The molecule has 0 bridgehead atoms. The third kappa shape index (κ3) is 5.89. The monoisotopic (exact) mass is 539 g/mol. The largest absolute Gasteiger partial charge is 0.376 e. The second-order valence-electron chi connectivity index (χ2n) is 8.37. The van der Waals surface area contributed by atoms with Gasteiger partial charge in [0.05, 0.1) is 39.1 Å². The number of nitrogens with zero attached hydrogens (tertiary/aromatic N) is 2. The van der Waals surface area contributed by atoms with Crippen molar-refractivity contribution in [2.24, 2.45) is 4.99 Å². The standard InChI is InChI=1S/C24H24Cl3N3O3S/c1-13-5-6-19(14(2)8-13)29-24-30(12-15-4-3-7-33-15)23(32)21(34-24)11-22(31)28-20-10-17(26)16(25)9-18(20)27/h5-6,8-10,15,21H,3-4,7,11-12H2,1-2H3,(H,28,31). The maximum atomic E-state index is 13.3. The molecule has 2 aromatic carbocycles. The van der Waals surface area contributed by atoms with Crippen LogP contribution >= 0.6 is 46.6 Å². The number of hydrogen-bond donors (Lipinski definition) is 1. The Morgan fingerprint density at radius 2 is 1.94 bits per heavy atom. The number of amidine groups is 1. The summed E-state index contributed by atoms with van der Waals surface area (Å²) in [5.74, 6) is -0.504. The minimum Gasteiger partial charge on any atom is -0.376 e. The molecule has 2 aliphatic heterocycles. The zero-order valence-electron chi connectivity index (χ0n) is 18.7. The summed E-state index contributed by atoms with van der Waals surface area (Å²) in [6, 6.07) is 8.94. The van der Waals surface area contributed by atoms with Crippen LogP contribution in [0.5, 0.6) is 0 Å². The quantitative estimate of drug-likeness (QED) is 0.430. The fourth-order valence-electron chi connectivity index (χ4n) is 3.91. The molecule has 2 unspecified atom stereocenters. The molecule has 4 rings (SSSR count). The maximum absolute atomic E-state index is 13.3. The van der Waals surface area contributed by atoms with Crippen molar-refractivity contribution in [3.8, 4) is 0 Å². The molecule has 2 fully saturated rings. The number of benzene rings is 2. The van der Waals surface area contributed by atoms with Crippen LogP contribution in [-0.2, 0) is 14.3 Å². The highest BCUT2D eigenvalue weighted by Gasteiger charge is 2.40. The van der Waals surface area contributed by atoms with E-state index in [9.17, 15) is 9.59 Å². The SMILES string of the molecule is Cc1ccc(N=C2SC(CC(=O)Nc3cc(Cl)c(Cl)cc3Cl)C(=O)N2CC2CCCO2)c(C)c1. The molecule has 2 atom stereocenters. The molecule has 0 radical (unpaired) electrons. The Morgan fingerprint density at radius 1 is 1.18 bits per heavy atom. The van der Waals surface area contributed by atoms with E-state index in [4.69, 9.17) is 44.5 Å². The van der Waals surface area contributed by atoms with Crippen LogP contribution in [0.1, 0.15) is 30.4 Å². The van der Waals surface area contributed by atoms with Crippen molar-refractivity contribution >= 4 is 74.9 Å². The summed E-state index contributed by atoms with van der Waals surface area (Å²) < 4.78 is 5.76. The first-order valence-electron chi connectivity index (χ1n) is 10.9. The van der Waals surface area contributed by atoms with E-state index in [1.165, 1.54) is 23.9 Å². The molecule has 34 heavy (non-hydrogen) atoms. The van der Waals surface area contributed by atoms with Gasteiger partial charge >= 0.3 is 0 Å². The predicted molar refractivity (Wildman–Crippen MR) is 140 cm³/mol. The average Bonchev–Trinajstić information content (AvgIpc) is 3.38. The van der Waals surface area contributed by atoms with Crippen molar-refractivity contribution in [2.75, 3.05) is 18.5 Å². The molecule has 0 aliphatic carbocycles. The summed E-state index contributed by atoms with van der Waals surface area (Å²) in [6.07, 6.45) is 1.80. The summed E-state index contributed by atoms with van der Waals surface area (Å²) in [6.45, 7) is 5.13. The highest BCUT2D eigenvalue weighted by molar-refractivity contribution is 8.15. The molecular weight excluding hydrogens is 517 g/mol. The van der Waals surface area contributed by atoms with Crippen LogP contribution in [0, 0.1) is 13.8 Å². The van der Waals surface area contributed by atoms with Crippen LogP contribution in [0.15, 0.2) is 35.3 Å². The number of carbonyl (C=O) groups excluding carboxylic acids is 2. The molecule has 2 amide bonds. The van der Waals surface area contributed by atoms with E-state index in [1.807, 2.05) is 26.0 Å². The number of nitrogens with one attached hydrogen (secondary N) is 1. The first kappa shape index (κ1) is 25.3. The molecule has 2 heterocycles. The van der Waals surface area contributed by atoms with Crippen molar-refractivity contribution in [3.63, 3.8) is 0 Å². The molecule has 0 spiro atoms. The van der Waals surface area contributed by atoms with Crippen LogP contribution in [0.4, 0.5) is 11.4 Å². The van der Waals surface area contributed by atoms with Gasteiger partial charge in [-0.05, 0) is 50.5 Å². The van der Waals surface area contributed by atoms with Crippen LogP contribution in [0.25, 0.3) is 0 Å². The predicted octanol–water partition coefficient (Wildman–Crippen LogP) is 6.40. The Hall–Kier alpha value is -1.77. The number of hydrogen-bond acceptors (Lipinski definition) is 5. The fourth-order valence-corrected chi connectivity index (χ4v) is 5.66. The Morgan fingerprint density at radius 3 is 2.65 bits per heavy atom. The molecule has 1 N–H and O–H groups in total. The Bertz CT molecular complexity index is 1150. The van der Waals surface area contributed by atoms with Gasteiger partial charge in [0.2, 0.25) is 11.8 Å². The number of aryl methyl sites for hydroxylation is 2. The van der Waals surface area contributed by atoms with Gasteiger partial charge in [0, 0.05) is 13.0 Å². The summed E-state index contributed by atoms with van der Waals surface area (Å²) in [7, 11) is 0. The summed E-state index contributed by atoms with van der Waals surface area (Å²) in [4.78, 5) is 32.5. The Balaban J connectivity index is 1.53. The van der Waals surface area contributed by atoms with Crippen molar-refractivity contribution in [1.82, 2.24) is 4.90 Å². The average molecular weight is 541 g/mol. The third-order valence-corrected chi connectivity index (χ3v) is 7.86. The minimum absolute atomic E-state index is 0.0311. The molecule has 2 aliphatic rings. The molecular formula is C24H24Cl3N3O3S. The summed E-state index contributed by atoms with van der Waals surface area (Å²) in [5, 5.41) is 3.55. The number of halogens is 3. The molecule has 180 valence electrons. The highest BCUT2D eigenvalue weighted by Crippen LogP contribution is 2.35. The van der Waals surface area contributed by atoms with Gasteiger partial charge in [-0.2, -0.15) is 0 Å². The van der Waals surface area contributed by atoms with Gasteiger partial charge in [0.15, 0.2) is 5.17 Å². The number of ether oxygens (including phenoxy) is 1. The zero-order chi connectivity index (χ0) is 24.4. The number of carbonyl (C=O) groups is 2. The van der Waals surface area contributed by atoms with Gasteiger partial charge in [-0.3, -0.25) is 14.5 Å². The summed E-state index contributed by atoms with van der Waals surface area (Å²) >= 11 is 19.5. The van der Waals surface area contributed by atoms with Gasteiger partial charge in [-0.1, -0.05) is 64.3 Å². The van der Waals surface area contributed by atoms with E-state index in [1.54, 1.807) is 4.90 Å². The van der Waals surface area contributed by atoms with E-state index in [2.05, 4.69) is 11.4 Å². The number of thioether (sulfide) groups is 1. The van der Waals surface area contributed by atoms with Gasteiger partial charge in [0.1, 0.15) is 5.25 Å². The second-order valence-corrected chi connectivity index (χ2v) is 10.8. The topological polar surface area (TPSA) is 71.0 Å². The highest BCUT2D eigenvalue weighted by atomic mass is 35.5. The number of amides is 2. The summed E-state index contributed by atoms with van der Waals surface area (Å²) in [5.41, 5.74) is 3.30. The smallest absolute Gasteiger partial charge is 0.242 e. The number of anilines is 1. The third-order valence-electron chi connectivity index (χ3n) is 5.65. The number of aliphatic imine (C=N–C) groups is 1. The first-order valence-corrected chi connectivity index (χ1v) is 12.9. The van der Waals surface area contributed by atoms with Gasteiger partial charge < -0.3 is 10.1 Å².